The quantitative estimate of drug-likeness (QED) is 0.314. The highest BCUT2D eigenvalue weighted by molar-refractivity contribution is 14.0. The van der Waals surface area contributed by atoms with Gasteiger partial charge in [-0.1, -0.05) is 31.2 Å². The number of aliphatic imine (C=N–C) groups is 1. The van der Waals surface area contributed by atoms with Crippen LogP contribution in [0.2, 0.25) is 0 Å². The molecule has 0 bridgehead atoms. The number of morpholine rings is 1. The van der Waals surface area contributed by atoms with Crippen molar-refractivity contribution in [3.8, 4) is 0 Å². The molecule has 2 aliphatic rings. The maximum Gasteiger partial charge on any atom is 0.191 e. The van der Waals surface area contributed by atoms with Gasteiger partial charge in [0.2, 0.25) is 0 Å². The van der Waals surface area contributed by atoms with Gasteiger partial charge in [0.1, 0.15) is 0 Å². The lowest BCUT2D eigenvalue weighted by Gasteiger charge is -2.41. The summed E-state index contributed by atoms with van der Waals surface area (Å²) in [5.74, 6) is 1.73. The van der Waals surface area contributed by atoms with Gasteiger partial charge < -0.3 is 15.4 Å². The Hall–Kier alpha value is -0.900. The van der Waals surface area contributed by atoms with Gasteiger partial charge >= 0.3 is 0 Å². The predicted molar refractivity (Wildman–Crippen MR) is 140 cm³/mol. The standard InChI is InChI=1S/C24H41N5O.HI/c1-20-8-10-28(11-9-20)18-22-7-5-6-21(16-22)17-26-23(25-4)27-19-24(2,3)29-12-14-30-15-13-29;/h5-7,16,20H,8-15,17-19H2,1-4H3,(H2,25,26,27);1H. The van der Waals surface area contributed by atoms with Crippen molar-refractivity contribution in [1.82, 2.24) is 20.4 Å². The Morgan fingerprint density at radius 2 is 1.77 bits per heavy atom. The van der Waals surface area contributed by atoms with Crippen LogP contribution in [0.1, 0.15) is 44.7 Å². The summed E-state index contributed by atoms with van der Waals surface area (Å²) in [7, 11) is 1.84. The predicted octanol–water partition coefficient (Wildman–Crippen LogP) is 3.31. The molecule has 0 radical (unpaired) electrons. The van der Waals surface area contributed by atoms with E-state index in [-0.39, 0.29) is 29.5 Å². The number of nitrogens with zero attached hydrogens (tertiary/aromatic N) is 3. The van der Waals surface area contributed by atoms with Crippen LogP contribution in [-0.4, -0.2) is 74.3 Å². The smallest absolute Gasteiger partial charge is 0.191 e. The van der Waals surface area contributed by atoms with Crippen LogP contribution in [0.5, 0.6) is 0 Å². The maximum atomic E-state index is 5.49. The van der Waals surface area contributed by atoms with E-state index in [2.05, 4.69) is 70.5 Å². The molecule has 2 fully saturated rings. The van der Waals surface area contributed by atoms with Gasteiger partial charge in [-0.05, 0) is 56.8 Å². The van der Waals surface area contributed by atoms with Gasteiger partial charge in [0.25, 0.3) is 0 Å². The first-order valence-electron chi connectivity index (χ1n) is 11.5. The number of piperidine rings is 1. The molecule has 0 atom stereocenters. The van der Waals surface area contributed by atoms with E-state index in [1.165, 1.54) is 37.1 Å². The third kappa shape index (κ3) is 8.51. The van der Waals surface area contributed by atoms with Crippen molar-refractivity contribution in [2.24, 2.45) is 10.9 Å². The highest BCUT2D eigenvalue weighted by atomic mass is 127. The summed E-state index contributed by atoms with van der Waals surface area (Å²) in [6.45, 7) is 15.7. The van der Waals surface area contributed by atoms with Crippen LogP contribution in [0.3, 0.4) is 0 Å². The third-order valence-corrected chi connectivity index (χ3v) is 6.51. The van der Waals surface area contributed by atoms with Crippen LogP contribution >= 0.6 is 24.0 Å². The van der Waals surface area contributed by atoms with Gasteiger partial charge in [-0.3, -0.25) is 14.8 Å². The second kappa shape index (κ2) is 13.0. The molecule has 0 aromatic heterocycles. The summed E-state index contributed by atoms with van der Waals surface area (Å²) in [4.78, 5) is 9.49. The van der Waals surface area contributed by atoms with Crippen molar-refractivity contribution in [1.29, 1.82) is 0 Å². The van der Waals surface area contributed by atoms with Crippen LogP contribution in [0.4, 0.5) is 0 Å². The average Bonchev–Trinajstić information content (AvgIpc) is 2.76. The topological polar surface area (TPSA) is 52.1 Å². The molecule has 1 aromatic rings. The number of nitrogens with one attached hydrogen (secondary N) is 2. The Morgan fingerprint density at radius 3 is 2.45 bits per heavy atom. The lowest BCUT2D eigenvalue weighted by atomic mass is 9.98. The summed E-state index contributed by atoms with van der Waals surface area (Å²) in [5, 5.41) is 6.99. The van der Waals surface area contributed by atoms with E-state index in [1.807, 2.05) is 7.05 Å². The zero-order chi connectivity index (χ0) is 21.4. The van der Waals surface area contributed by atoms with Crippen molar-refractivity contribution in [2.75, 3.05) is 53.0 Å². The molecule has 2 aliphatic heterocycles. The van der Waals surface area contributed by atoms with Gasteiger partial charge in [0.15, 0.2) is 5.96 Å². The fourth-order valence-corrected chi connectivity index (χ4v) is 4.30. The van der Waals surface area contributed by atoms with Gasteiger partial charge in [-0.15, -0.1) is 24.0 Å². The number of hydrogen-bond acceptors (Lipinski definition) is 4. The summed E-state index contributed by atoms with van der Waals surface area (Å²) < 4.78 is 5.49. The lowest BCUT2D eigenvalue weighted by Crippen LogP contribution is -2.56. The van der Waals surface area contributed by atoms with E-state index in [9.17, 15) is 0 Å². The fraction of sp³-hybridized carbons (Fsp3) is 0.708. The molecule has 2 saturated heterocycles. The van der Waals surface area contributed by atoms with E-state index in [4.69, 9.17) is 4.74 Å². The SMILES string of the molecule is CN=C(NCc1cccc(CN2CCC(C)CC2)c1)NCC(C)(C)N1CCOCC1.I. The summed E-state index contributed by atoms with van der Waals surface area (Å²) >= 11 is 0. The number of likely N-dealkylation sites (tertiary alicyclic amines) is 1. The number of benzene rings is 1. The highest BCUT2D eigenvalue weighted by Crippen LogP contribution is 2.18. The average molecular weight is 544 g/mol. The zero-order valence-electron chi connectivity index (χ0n) is 19.8. The lowest BCUT2D eigenvalue weighted by molar-refractivity contribution is -0.00834. The Labute approximate surface area is 206 Å². The van der Waals surface area contributed by atoms with Gasteiger partial charge in [0, 0.05) is 45.3 Å². The molecule has 0 unspecified atom stereocenters. The number of hydrogen-bond donors (Lipinski definition) is 2. The van der Waals surface area contributed by atoms with Crippen molar-refractivity contribution < 1.29 is 4.74 Å². The number of rotatable bonds is 7. The molecule has 3 rings (SSSR count). The molecule has 2 heterocycles. The maximum absolute atomic E-state index is 5.49. The van der Waals surface area contributed by atoms with E-state index in [1.54, 1.807) is 0 Å². The second-order valence-corrected chi connectivity index (χ2v) is 9.47. The van der Waals surface area contributed by atoms with Gasteiger partial charge in [0.05, 0.1) is 13.2 Å². The Morgan fingerprint density at radius 1 is 1.10 bits per heavy atom. The molecule has 1 aromatic carbocycles. The molecule has 0 saturated carbocycles. The molecular weight excluding hydrogens is 501 g/mol. The normalized spacial score (nSPS) is 19.7. The third-order valence-electron chi connectivity index (χ3n) is 6.51. The van der Waals surface area contributed by atoms with E-state index in [0.717, 1.165) is 57.8 Å². The Balaban J connectivity index is 0.00000341. The van der Waals surface area contributed by atoms with Crippen LogP contribution in [0, 0.1) is 5.92 Å². The second-order valence-electron chi connectivity index (χ2n) is 9.47. The summed E-state index contributed by atoms with van der Waals surface area (Å²) in [5.41, 5.74) is 2.77. The molecule has 2 N–H and O–H groups in total. The first kappa shape index (κ1) is 26.4. The molecule has 0 amide bonds. The summed E-state index contributed by atoms with van der Waals surface area (Å²) in [6, 6.07) is 8.95. The molecule has 0 aliphatic carbocycles. The number of ether oxygens (including phenoxy) is 1. The summed E-state index contributed by atoms with van der Waals surface area (Å²) in [6.07, 6.45) is 2.65. The molecule has 7 heteroatoms. The number of guanidine groups is 1. The van der Waals surface area contributed by atoms with Crippen LogP contribution in [-0.2, 0) is 17.8 Å². The van der Waals surface area contributed by atoms with Gasteiger partial charge in [-0.2, -0.15) is 0 Å². The van der Waals surface area contributed by atoms with Crippen molar-refractivity contribution >= 4 is 29.9 Å². The highest BCUT2D eigenvalue weighted by Gasteiger charge is 2.28. The monoisotopic (exact) mass is 543 g/mol. The molecule has 0 spiro atoms. The van der Waals surface area contributed by atoms with Crippen LogP contribution in [0.15, 0.2) is 29.3 Å². The largest absolute Gasteiger partial charge is 0.379 e. The minimum Gasteiger partial charge on any atom is -0.379 e. The van der Waals surface area contributed by atoms with Crippen LogP contribution in [0.25, 0.3) is 0 Å². The Kier molecular flexibility index (Phi) is 11.0. The van der Waals surface area contributed by atoms with Crippen molar-refractivity contribution in [3.05, 3.63) is 35.4 Å². The molecule has 176 valence electrons. The fourth-order valence-electron chi connectivity index (χ4n) is 4.30. The minimum atomic E-state index is 0. The Bertz CT molecular complexity index is 682. The van der Waals surface area contributed by atoms with Crippen molar-refractivity contribution in [3.63, 3.8) is 0 Å². The zero-order valence-corrected chi connectivity index (χ0v) is 22.2. The van der Waals surface area contributed by atoms with E-state index in [0.29, 0.717) is 0 Å². The molecule has 6 nitrogen and oxygen atoms in total. The number of halogens is 1. The first-order valence-corrected chi connectivity index (χ1v) is 11.5. The van der Waals surface area contributed by atoms with Crippen molar-refractivity contribution in [2.45, 2.75) is 52.2 Å². The van der Waals surface area contributed by atoms with E-state index < -0.39 is 0 Å². The molecular formula is C24H42IN5O. The first-order chi connectivity index (χ1) is 14.5. The van der Waals surface area contributed by atoms with Crippen LogP contribution < -0.4 is 10.6 Å². The molecule has 31 heavy (non-hydrogen) atoms. The van der Waals surface area contributed by atoms with E-state index >= 15 is 0 Å². The minimum absolute atomic E-state index is 0. The van der Waals surface area contributed by atoms with Gasteiger partial charge in [-0.25, -0.2) is 0 Å².